The predicted molar refractivity (Wildman–Crippen MR) is 116 cm³/mol. The molecule has 2 aliphatic rings. The number of carbonyl (C=O) groups excluding carboxylic acids is 2. The summed E-state index contributed by atoms with van der Waals surface area (Å²) in [5.41, 5.74) is 2.88. The van der Waals surface area contributed by atoms with Crippen LogP contribution in [-0.4, -0.2) is 29.3 Å². The van der Waals surface area contributed by atoms with Crippen LogP contribution in [-0.2, 0) is 22.4 Å². The summed E-state index contributed by atoms with van der Waals surface area (Å²) in [6.07, 6.45) is 8.08. The van der Waals surface area contributed by atoms with Crippen molar-refractivity contribution in [1.82, 2.24) is 4.90 Å². The Balaban J connectivity index is 1.39. The molecular formula is C25H30N2O2. The molecule has 1 aliphatic carbocycles. The molecule has 4 rings (SSSR count). The van der Waals surface area contributed by atoms with Crippen LogP contribution in [0.4, 0.5) is 5.69 Å². The summed E-state index contributed by atoms with van der Waals surface area (Å²) in [4.78, 5) is 27.7. The van der Waals surface area contributed by atoms with Crippen molar-refractivity contribution in [1.29, 1.82) is 0 Å². The summed E-state index contributed by atoms with van der Waals surface area (Å²) < 4.78 is 0. The van der Waals surface area contributed by atoms with Gasteiger partial charge in [-0.05, 0) is 42.9 Å². The van der Waals surface area contributed by atoms with Gasteiger partial charge >= 0.3 is 0 Å². The third-order valence-corrected chi connectivity index (χ3v) is 6.33. The average Bonchev–Trinajstić information content (AvgIpc) is 3.11. The van der Waals surface area contributed by atoms with E-state index in [0.29, 0.717) is 24.8 Å². The van der Waals surface area contributed by atoms with Gasteiger partial charge in [-0.25, -0.2) is 0 Å². The van der Waals surface area contributed by atoms with Crippen LogP contribution in [0.2, 0.25) is 0 Å². The Morgan fingerprint density at radius 1 is 0.931 bits per heavy atom. The van der Waals surface area contributed by atoms with Crippen molar-refractivity contribution in [3.63, 3.8) is 0 Å². The molecule has 4 nitrogen and oxygen atoms in total. The molecule has 0 spiro atoms. The molecule has 2 aromatic rings. The standard InChI is InChI=1S/C25H30N2O2/c28-24(17-19-9-3-1-4-10-19)26-23-14-8-7-11-20(23)18-21-15-16-27(25(21)29)22-12-5-2-6-13-22/h1,3-4,7-11,14,21-22H,2,5-6,12-13,15-18H2,(H,26,28). The van der Waals surface area contributed by atoms with Gasteiger partial charge < -0.3 is 10.2 Å². The molecule has 1 saturated carbocycles. The minimum absolute atomic E-state index is 0.0229. The molecule has 152 valence electrons. The van der Waals surface area contributed by atoms with Crippen LogP contribution in [0.1, 0.15) is 49.7 Å². The smallest absolute Gasteiger partial charge is 0.228 e. The van der Waals surface area contributed by atoms with E-state index < -0.39 is 0 Å². The van der Waals surface area contributed by atoms with Crippen LogP contribution in [0.25, 0.3) is 0 Å². The molecule has 1 N–H and O–H groups in total. The van der Waals surface area contributed by atoms with Crippen molar-refractivity contribution in [2.45, 2.75) is 57.4 Å². The first-order chi connectivity index (χ1) is 14.2. The number of carbonyl (C=O) groups is 2. The van der Waals surface area contributed by atoms with Gasteiger partial charge in [0.05, 0.1) is 6.42 Å². The predicted octanol–water partition coefficient (Wildman–Crippen LogP) is 4.59. The third kappa shape index (κ3) is 4.87. The van der Waals surface area contributed by atoms with Gasteiger partial charge in [0.25, 0.3) is 0 Å². The number of hydrogen-bond acceptors (Lipinski definition) is 2. The molecule has 1 saturated heterocycles. The number of benzene rings is 2. The van der Waals surface area contributed by atoms with Gasteiger partial charge in [-0.2, -0.15) is 0 Å². The van der Waals surface area contributed by atoms with E-state index in [1.165, 1.54) is 19.3 Å². The number of likely N-dealkylation sites (tertiary alicyclic amines) is 1. The third-order valence-electron chi connectivity index (χ3n) is 6.33. The highest BCUT2D eigenvalue weighted by Crippen LogP contribution is 2.31. The lowest BCUT2D eigenvalue weighted by molar-refractivity contribution is -0.133. The van der Waals surface area contributed by atoms with Crippen LogP contribution in [0.3, 0.4) is 0 Å². The lowest BCUT2D eigenvalue weighted by atomic mass is 9.94. The maximum Gasteiger partial charge on any atom is 0.228 e. The highest BCUT2D eigenvalue weighted by Gasteiger charge is 2.36. The van der Waals surface area contributed by atoms with E-state index in [-0.39, 0.29) is 11.8 Å². The molecule has 1 atom stereocenters. The van der Waals surface area contributed by atoms with Crippen LogP contribution >= 0.6 is 0 Å². The second kappa shape index (κ2) is 9.25. The summed E-state index contributed by atoms with van der Waals surface area (Å²) in [5, 5.41) is 3.06. The molecule has 2 aromatic carbocycles. The van der Waals surface area contributed by atoms with Crippen molar-refractivity contribution >= 4 is 17.5 Å². The fourth-order valence-corrected chi connectivity index (χ4v) is 4.77. The van der Waals surface area contributed by atoms with Crippen LogP contribution in [0, 0.1) is 5.92 Å². The van der Waals surface area contributed by atoms with E-state index in [2.05, 4.69) is 10.2 Å². The van der Waals surface area contributed by atoms with E-state index in [1.54, 1.807) is 0 Å². The van der Waals surface area contributed by atoms with E-state index >= 15 is 0 Å². The van der Waals surface area contributed by atoms with Crippen molar-refractivity contribution in [2.24, 2.45) is 5.92 Å². The van der Waals surface area contributed by atoms with Gasteiger partial charge in [0.2, 0.25) is 11.8 Å². The molecule has 1 heterocycles. The van der Waals surface area contributed by atoms with E-state index in [0.717, 1.165) is 42.6 Å². The zero-order valence-corrected chi connectivity index (χ0v) is 17.0. The minimum atomic E-state index is -0.0229. The van der Waals surface area contributed by atoms with Gasteiger partial charge in [-0.15, -0.1) is 0 Å². The highest BCUT2D eigenvalue weighted by molar-refractivity contribution is 5.93. The largest absolute Gasteiger partial charge is 0.339 e. The fraction of sp³-hybridized carbons (Fsp3) is 0.440. The monoisotopic (exact) mass is 390 g/mol. The first-order valence-corrected chi connectivity index (χ1v) is 10.9. The lowest BCUT2D eigenvalue weighted by Gasteiger charge is -2.31. The molecule has 0 radical (unpaired) electrons. The molecule has 0 aromatic heterocycles. The molecule has 2 fully saturated rings. The fourth-order valence-electron chi connectivity index (χ4n) is 4.77. The first kappa shape index (κ1) is 19.7. The second-order valence-electron chi connectivity index (χ2n) is 8.38. The Morgan fingerprint density at radius 2 is 1.66 bits per heavy atom. The van der Waals surface area contributed by atoms with Gasteiger partial charge in [0.15, 0.2) is 0 Å². The van der Waals surface area contributed by atoms with Gasteiger partial charge in [0.1, 0.15) is 0 Å². The summed E-state index contributed by atoms with van der Waals surface area (Å²) >= 11 is 0. The Hall–Kier alpha value is -2.62. The molecule has 1 unspecified atom stereocenters. The van der Waals surface area contributed by atoms with Gasteiger partial charge in [-0.1, -0.05) is 67.8 Å². The number of nitrogens with zero attached hydrogens (tertiary/aromatic N) is 1. The quantitative estimate of drug-likeness (QED) is 0.784. The van der Waals surface area contributed by atoms with Crippen LogP contribution in [0.5, 0.6) is 0 Å². The Bertz CT molecular complexity index is 843. The van der Waals surface area contributed by atoms with Crippen LogP contribution < -0.4 is 5.32 Å². The molecular weight excluding hydrogens is 360 g/mol. The number of amides is 2. The normalized spacial score (nSPS) is 20.1. The highest BCUT2D eigenvalue weighted by atomic mass is 16.2. The Labute approximate surface area is 173 Å². The SMILES string of the molecule is O=C(Cc1ccccc1)Nc1ccccc1CC1CCN(C2CCCCC2)C1=O. The molecule has 1 aliphatic heterocycles. The maximum absolute atomic E-state index is 13.0. The molecule has 4 heteroatoms. The summed E-state index contributed by atoms with van der Waals surface area (Å²) in [6.45, 7) is 0.886. The Morgan fingerprint density at radius 3 is 2.45 bits per heavy atom. The zero-order valence-electron chi connectivity index (χ0n) is 17.0. The molecule has 0 bridgehead atoms. The molecule has 29 heavy (non-hydrogen) atoms. The van der Waals surface area contributed by atoms with Crippen molar-refractivity contribution in [3.8, 4) is 0 Å². The van der Waals surface area contributed by atoms with Gasteiger partial charge in [0, 0.05) is 24.2 Å². The summed E-state index contributed by atoms with van der Waals surface area (Å²) in [6, 6.07) is 18.1. The average molecular weight is 391 g/mol. The van der Waals surface area contributed by atoms with Crippen molar-refractivity contribution in [3.05, 3.63) is 65.7 Å². The molecule has 2 amide bonds. The maximum atomic E-state index is 13.0. The van der Waals surface area contributed by atoms with E-state index in [9.17, 15) is 9.59 Å². The van der Waals surface area contributed by atoms with E-state index in [1.807, 2.05) is 54.6 Å². The number of para-hydroxylation sites is 1. The van der Waals surface area contributed by atoms with Crippen molar-refractivity contribution in [2.75, 3.05) is 11.9 Å². The number of anilines is 1. The topological polar surface area (TPSA) is 49.4 Å². The van der Waals surface area contributed by atoms with Crippen molar-refractivity contribution < 1.29 is 9.59 Å². The van der Waals surface area contributed by atoms with E-state index in [4.69, 9.17) is 0 Å². The Kier molecular flexibility index (Phi) is 6.28. The second-order valence-corrected chi connectivity index (χ2v) is 8.38. The first-order valence-electron chi connectivity index (χ1n) is 10.9. The number of nitrogens with one attached hydrogen (secondary N) is 1. The summed E-state index contributed by atoms with van der Waals surface area (Å²) in [7, 11) is 0. The number of rotatable bonds is 6. The minimum Gasteiger partial charge on any atom is -0.339 e. The number of hydrogen-bond donors (Lipinski definition) is 1. The lowest BCUT2D eigenvalue weighted by Crippen LogP contribution is -2.39. The summed E-state index contributed by atoms with van der Waals surface area (Å²) in [5.74, 6) is 0.316. The van der Waals surface area contributed by atoms with Gasteiger partial charge in [-0.3, -0.25) is 9.59 Å². The zero-order chi connectivity index (χ0) is 20.1. The van der Waals surface area contributed by atoms with Crippen LogP contribution in [0.15, 0.2) is 54.6 Å².